The van der Waals surface area contributed by atoms with Gasteiger partial charge in [-0.2, -0.15) is 10.5 Å². The highest BCUT2D eigenvalue weighted by Gasteiger charge is 2.30. The van der Waals surface area contributed by atoms with Crippen molar-refractivity contribution in [1.82, 2.24) is 10.3 Å². The molecule has 3 rings (SSSR count). The van der Waals surface area contributed by atoms with Crippen LogP contribution in [0.15, 0.2) is 23.2 Å². The van der Waals surface area contributed by atoms with Crippen molar-refractivity contribution in [2.45, 2.75) is 38.8 Å². The summed E-state index contributed by atoms with van der Waals surface area (Å²) < 4.78 is 20.3. The first-order valence-electron chi connectivity index (χ1n) is 9.85. The van der Waals surface area contributed by atoms with Gasteiger partial charge in [0.2, 0.25) is 5.96 Å². The number of guanidine groups is 1. The number of aromatic nitrogens is 1. The summed E-state index contributed by atoms with van der Waals surface area (Å²) in [5.41, 5.74) is 13.4. The molecule has 1 atom stereocenters. The lowest BCUT2D eigenvalue weighted by atomic mass is 9.94. The van der Waals surface area contributed by atoms with Gasteiger partial charge in [-0.15, -0.1) is 0 Å². The number of nitriles is 2. The number of benzene rings is 1. The van der Waals surface area contributed by atoms with Gasteiger partial charge < -0.3 is 21.5 Å². The molecule has 2 heterocycles. The number of ether oxygens (including phenoxy) is 1. The molecule has 1 aromatic carbocycles. The first-order chi connectivity index (χ1) is 15.0. The van der Waals surface area contributed by atoms with Crippen LogP contribution in [0.4, 0.5) is 21.7 Å². The van der Waals surface area contributed by atoms with Gasteiger partial charge in [-0.3, -0.25) is 5.32 Å². The minimum absolute atomic E-state index is 0.0232. The Labute approximate surface area is 179 Å². The summed E-state index contributed by atoms with van der Waals surface area (Å²) in [6, 6.07) is 5.83. The van der Waals surface area contributed by atoms with Crippen LogP contribution >= 0.6 is 0 Å². The third kappa shape index (κ3) is 4.65. The Morgan fingerprint density at radius 3 is 2.77 bits per heavy atom. The summed E-state index contributed by atoms with van der Waals surface area (Å²) in [4.78, 5) is 8.60. The number of nitrogens with two attached hydrogens (primary N) is 2. The number of halogens is 1. The lowest BCUT2D eigenvalue weighted by molar-refractivity contribution is 0.115. The molecule has 6 N–H and O–H groups in total. The maximum Gasteiger partial charge on any atom is 0.211 e. The number of nitrogens with zero attached hydrogens (tertiary/aromatic N) is 4. The lowest BCUT2D eigenvalue weighted by Gasteiger charge is -2.26. The van der Waals surface area contributed by atoms with E-state index in [0.29, 0.717) is 23.3 Å². The van der Waals surface area contributed by atoms with E-state index in [9.17, 15) is 9.65 Å². The average molecular weight is 422 g/mol. The maximum absolute atomic E-state index is 14.8. The lowest BCUT2D eigenvalue weighted by Crippen LogP contribution is -2.32. The van der Waals surface area contributed by atoms with Crippen molar-refractivity contribution in [2.75, 3.05) is 23.4 Å². The Bertz CT molecular complexity index is 1090. The first-order valence-corrected chi connectivity index (χ1v) is 9.85. The Morgan fingerprint density at radius 2 is 2.10 bits per heavy atom. The monoisotopic (exact) mass is 422 g/mol. The van der Waals surface area contributed by atoms with Gasteiger partial charge in [-0.05, 0) is 18.1 Å². The van der Waals surface area contributed by atoms with E-state index >= 15 is 0 Å². The third-order valence-corrected chi connectivity index (χ3v) is 4.90. The molecular formula is C21H23FN8O. The number of pyridine rings is 1. The van der Waals surface area contributed by atoms with Gasteiger partial charge in [0.25, 0.3) is 0 Å². The molecule has 1 aliphatic rings. The van der Waals surface area contributed by atoms with E-state index in [1.165, 1.54) is 6.07 Å². The number of hydrogen-bond donors (Lipinski definition) is 4. The summed E-state index contributed by atoms with van der Waals surface area (Å²) in [5.74, 6) is -0.138. The quantitative estimate of drug-likeness (QED) is 0.301. The van der Waals surface area contributed by atoms with Crippen LogP contribution < -0.4 is 22.1 Å². The number of nitrogens with one attached hydrogen (secondary N) is 2. The van der Waals surface area contributed by atoms with Gasteiger partial charge in [0.1, 0.15) is 35.1 Å². The molecule has 160 valence electrons. The summed E-state index contributed by atoms with van der Waals surface area (Å²) in [7, 11) is 0. The predicted molar refractivity (Wildman–Crippen MR) is 115 cm³/mol. The fourth-order valence-corrected chi connectivity index (χ4v) is 3.31. The summed E-state index contributed by atoms with van der Waals surface area (Å²) in [6.45, 7) is 2.85. The van der Waals surface area contributed by atoms with Crippen LogP contribution in [0.5, 0.6) is 0 Å². The average Bonchev–Trinajstić information content (AvgIpc) is 2.74. The van der Waals surface area contributed by atoms with E-state index in [2.05, 4.69) is 27.5 Å². The molecule has 10 heteroatoms. The molecule has 0 saturated heterocycles. The van der Waals surface area contributed by atoms with Crippen molar-refractivity contribution in [2.24, 2.45) is 4.99 Å². The highest BCUT2D eigenvalue weighted by molar-refractivity contribution is 5.98. The second-order valence-corrected chi connectivity index (χ2v) is 7.01. The molecule has 1 unspecified atom stereocenters. The number of nitrogen functional groups attached to an aromatic ring is 2. The molecule has 2 aromatic rings. The SMILES string of the molecule is CCCCCOCc1ccc(C2N=C(NC#N)Nc3nc(N)c(C#N)c(N)c32)cc1F. The first kappa shape index (κ1) is 21.8. The van der Waals surface area contributed by atoms with E-state index in [1.54, 1.807) is 18.3 Å². The smallest absolute Gasteiger partial charge is 0.211 e. The van der Waals surface area contributed by atoms with Crippen molar-refractivity contribution in [3.8, 4) is 12.3 Å². The van der Waals surface area contributed by atoms with Gasteiger partial charge >= 0.3 is 0 Å². The minimum atomic E-state index is -0.790. The van der Waals surface area contributed by atoms with E-state index < -0.39 is 11.9 Å². The van der Waals surface area contributed by atoms with Crippen LogP contribution in [0.3, 0.4) is 0 Å². The van der Waals surface area contributed by atoms with Gasteiger partial charge in [0.15, 0.2) is 6.19 Å². The van der Waals surface area contributed by atoms with Crippen LogP contribution in [-0.4, -0.2) is 17.6 Å². The standard InChI is InChI=1S/C21H23FN8O/c1-2-3-4-7-31-10-13-6-5-12(8-15(13)22)18-16-17(25)14(9-23)19(26)29-20(16)30-21(28-18)27-11-24/h5-6,8,18H,2-4,7,10H2,1H3,(H6,25,26,27,28,29,30). The van der Waals surface area contributed by atoms with Crippen molar-refractivity contribution in [3.63, 3.8) is 0 Å². The van der Waals surface area contributed by atoms with E-state index in [4.69, 9.17) is 21.5 Å². The summed E-state index contributed by atoms with van der Waals surface area (Å²) in [5, 5.41) is 23.6. The molecule has 0 radical (unpaired) electrons. The Balaban J connectivity index is 1.95. The highest BCUT2D eigenvalue weighted by atomic mass is 19.1. The zero-order chi connectivity index (χ0) is 22.4. The molecule has 0 aliphatic carbocycles. The molecule has 1 aliphatic heterocycles. The van der Waals surface area contributed by atoms with Gasteiger partial charge in [-0.1, -0.05) is 31.9 Å². The minimum Gasteiger partial charge on any atom is -0.397 e. The predicted octanol–water partition coefficient (Wildman–Crippen LogP) is 2.91. The molecule has 1 aromatic heterocycles. The van der Waals surface area contributed by atoms with Crippen molar-refractivity contribution < 1.29 is 9.13 Å². The van der Waals surface area contributed by atoms with E-state index in [1.807, 2.05) is 6.07 Å². The number of fused-ring (bicyclic) bond motifs is 1. The van der Waals surface area contributed by atoms with E-state index in [-0.39, 0.29) is 35.5 Å². The molecular weight excluding hydrogens is 399 g/mol. The number of aliphatic imine (C=N–C) groups is 1. The zero-order valence-electron chi connectivity index (χ0n) is 17.1. The molecule has 0 amide bonds. The Kier molecular flexibility index (Phi) is 6.85. The molecule has 31 heavy (non-hydrogen) atoms. The van der Waals surface area contributed by atoms with Crippen LogP contribution in [0, 0.1) is 28.6 Å². The van der Waals surface area contributed by atoms with Gasteiger partial charge in [0.05, 0.1) is 12.3 Å². The van der Waals surface area contributed by atoms with Gasteiger partial charge in [-0.25, -0.2) is 14.4 Å². The maximum atomic E-state index is 14.8. The van der Waals surface area contributed by atoms with Crippen molar-refractivity contribution in [1.29, 1.82) is 10.5 Å². The second-order valence-electron chi connectivity index (χ2n) is 7.01. The number of rotatable bonds is 7. The number of anilines is 3. The fraction of sp³-hybridized carbons (Fsp3) is 0.333. The van der Waals surface area contributed by atoms with Crippen molar-refractivity contribution >= 4 is 23.3 Å². The van der Waals surface area contributed by atoms with Crippen LogP contribution in [-0.2, 0) is 11.3 Å². The normalized spacial score (nSPS) is 14.6. The summed E-state index contributed by atoms with van der Waals surface area (Å²) >= 11 is 0. The highest BCUT2D eigenvalue weighted by Crippen LogP contribution is 2.40. The number of hydrogen-bond acceptors (Lipinski definition) is 9. The topological polar surface area (TPSA) is 158 Å². The second kappa shape index (κ2) is 9.74. The summed E-state index contributed by atoms with van der Waals surface area (Å²) in [6.07, 6.45) is 4.86. The molecule has 0 spiro atoms. The Morgan fingerprint density at radius 1 is 1.29 bits per heavy atom. The molecule has 9 nitrogen and oxygen atoms in total. The molecule has 0 fully saturated rings. The Hall–Kier alpha value is -3.89. The molecule has 0 saturated carbocycles. The van der Waals surface area contributed by atoms with Gasteiger partial charge in [0, 0.05) is 17.7 Å². The third-order valence-electron chi connectivity index (χ3n) is 4.90. The number of unbranched alkanes of at least 4 members (excludes halogenated alkanes) is 2. The molecule has 0 bridgehead atoms. The van der Waals surface area contributed by atoms with E-state index in [0.717, 1.165) is 19.3 Å². The van der Waals surface area contributed by atoms with Crippen molar-refractivity contribution in [3.05, 3.63) is 46.3 Å². The fourth-order valence-electron chi connectivity index (χ4n) is 3.31. The van der Waals surface area contributed by atoms with Crippen LogP contribution in [0.2, 0.25) is 0 Å². The van der Waals surface area contributed by atoms with Crippen LogP contribution in [0.1, 0.15) is 54.5 Å². The zero-order valence-corrected chi connectivity index (χ0v) is 17.1. The largest absolute Gasteiger partial charge is 0.397 e. The van der Waals surface area contributed by atoms with Crippen LogP contribution in [0.25, 0.3) is 0 Å².